The Bertz CT molecular complexity index is 2430. The van der Waals surface area contributed by atoms with Crippen molar-refractivity contribution >= 4 is 66.9 Å². The highest BCUT2D eigenvalue weighted by Gasteiger charge is 2.38. The predicted octanol–water partition coefficient (Wildman–Crippen LogP) is 9.94. The van der Waals surface area contributed by atoms with Crippen LogP contribution in [-0.4, -0.2) is 0 Å². The van der Waals surface area contributed by atoms with Gasteiger partial charge in [0.25, 0.3) is 0 Å². The van der Waals surface area contributed by atoms with Crippen LogP contribution in [0.1, 0.15) is 0 Å². The van der Waals surface area contributed by atoms with Gasteiger partial charge in [0.15, 0.2) is 0 Å². The summed E-state index contributed by atoms with van der Waals surface area (Å²) in [6.45, 7) is 0. The summed E-state index contributed by atoms with van der Waals surface area (Å²) in [5, 5.41) is 13.8. The largest absolute Gasteiger partial charge is 0.456 e. The zero-order chi connectivity index (χ0) is 28.1. The predicted molar refractivity (Wildman–Crippen MR) is 181 cm³/mol. The monoisotopic (exact) mass is 566 g/mol. The van der Waals surface area contributed by atoms with Gasteiger partial charge in [0.1, 0.15) is 23.0 Å². The van der Waals surface area contributed by atoms with Gasteiger partial charge < -0.3 is 9.47 Å². The first-order chi connectivity index (χ1) is 21.3. The van der Waals surface area contributed by atoms with Crippen molar-refractivity contribution in [2.24, 2.45) is 0 Å². The second-order valence-corrected chi connectivity index (χ2v) is 13.4. The molecule has 0 aromatic heterocycles. The van der Waals surface area contributed by atoms with Gasteiger partial charge in [-0.05, 0) is 84.5 Å². The molecular formula is C40H23O2P. The number of para-hydroxylation sites is 1. The second kappa shape index (κ2) is 8.67. The van der Waals surface area contributed by atoms with Crippen LogP contribution < -0.4 is 25.4 Å². The summed E-state index contributed by atoms with van der Waals surface area (Å²) in [7, 11) is -0.854. The fourth-order valence-corrected chi connectivity index (χ4v) is 9.81. The van der Waals surface area contributed by atoms with Crippen LogP contribution in [0.3, 0.4) is 0 Å². The van der Waals surface area contributed by atoms with Crippen molar-refractivity contribution in [3.05, 3.63) is 140 Å². The summed E-state index contributed by atoms with van der Waals surface area (Å²) in [6.07, 6.45) is 0. The van der Waals surface area contributed by atoms with Gasteiger partial charge in [-0.1, -0.05) is 109 Å². The van der Waals surface area contributed by atoms with Crippen molar-refractivity contribution in [2.75, 3.05) is 0 Å². The van der Waals surface area contributed by atoms with Crippen LogP contribution in [0.4, 0.5) is 0 Å². The van der Waals surface area contributed by atoms with E-state index in [4.69, 9.17) is 9.47 Å². The molecule has 0 fully saturated rings. The van der Waals surface area contributed by atoms with E-state index in [-0.39, 0.29) is 0 Å². The SMILES string of the molecule is c1ccc2c(c1)Oc1cc(-c3ccc4c5ccccc5c5ccccc5c4c3)cc3c1P2c1c(ccc2ccccc12)O3. The fraction of sp³-hybridized carbons (Fsp3) is 0. The average Bonchev–Trinajstić information content (AvgIpc) is 3.07. The Morgan fingerprint density at radius 1 is 0.349 bits per heavy atom. The maximum atomic E-state index is 6.76. The zero-order valence-electron chi connectivity index (χ0n) is 23.0. The number of hydrogen-bond donors (Lipinski definition) is 0. The topological polar surface area (TPSA) is 18.5 Å². The lowest BCUT2D eigenvalue weighted by molar-refractivity contribution is 0.467. The van der Waals surface area contributed by atoms with Crippen molar-refractivity contribution in [3.8, 4) is 34.1 Å². The lowest BCUT2D eigenvalue weighted by atomic mass is 9.92. The van der Waals surface area contributed by atoms with Gasteiger partial charge in [0.05, 0.1) is 5.30 Å². The minimum absolute atomic E-state index is 0.854. The lowest BCUT2D eigenvalue weighted by Gasteiger charge is -2.35. The maximum Gasteiger partial charge on any atom is 0.140 e. The highest BCUT2D eigenvalue weighted by Crippen LogP contribution is 2.55. The Kier molecular flexibility index (Phi) is 4.72. The quantitative estimate of drug-likeness (QED) is 0.145. The molecule has 43 heavy (non-hydrogen) atoms. The van der Waals surface area contributed by atoms with Crippen LogP contribution in [-0.2, 0) is 0 Å². The normalized spacial score (nSPS) is 14.7. The first kappa shape index (κ1) is 23.4. The molecule has 0 saturated heterocycles. The van der Waals surface area contributed by atoms with E-state index in [0.717, 1.165) is 34.1 Å². The van der Waals surface area contributed by atoms with Crippen molar-refractivity contribution in [2.45, 2.75) is 0 Å². The van der Waals surface area contributed by atoms with Crippen molar-refractivity contribution < 1.29 is 9.47 Å². The molecule has 2 aliphatic rings. The van der Waals surface area contributed by atoms with Crippen molar-refractivity contribution in [3.63, 3.8) is 0 Å². The summed E-state index contributed by atoms with van der Waals surface area (Å²) < 4.78 is 13.4. The van der Waals surface area contributed by atoms with Crippen LogP contribution >= 0.6 is 7.92 Å². The van der Waals surface area contributed by atoms with Crippen LogP contribution in [0.15, 0.2) is 140 Å². The molecule has 0 spiro atoms. The Morgan fingerprint density at radius 2 is 0.930 bits per heavy atom. The summed E-state index contributed by atoms with van der Waals surface area (Å²) in [5.41, 5.74) is 2.23. The molecular weight excluding hydrogens is 543 g/mol. The lowest BCUT2D eigenvalue weighted by Crippen LogP contribution is -2.32. The summed E-state index contributed by atoms with van der Waals surface area (Å²) >= 11 is 0. The van der Waals surface area contributed by atoms with E-state index in [0.29, 0.717) is 0 Å². The van der Waals surface area contributed by atoms with E-state index in [1.54, 1.807) is 0 Å². The van der Waals surface area contributed by atoms with Gasteiger partial charge in [0, 0.05) is 18.5 Å². The zero-order valence-corrected chi connectivity index (χ0v) is 23.9. The van der Waals surface area contributed by atoms with E-state index >= 15 is 0 Å². The molecule has 1 atom stereocenters. The molecule has 10 rings (SSSR count). The van der Waals surface area contributed by atoms with Gasteiger partial charge in [-0.2, -0.15) is 0 Å². The van der Waals surface area contributed by atoms with Gasteiger partial charge in [-0.25, -0.2) is 0 Å². The Morgan fingerprint density at radius 3 is 1.67 bits per heavy atom. The number of fused-ring (bicyclic) bond motifs is 12. The number of hydrogen-bond acceptors (Lipinski definition) is 2. The highest BCUT2D eigenvalue weighted by molar-refractivity contribution is 7.81. The van der Waals surface area contributed by atoms with Crippen molar-refractivity contribution in [1.29, 1.82) is 0 Å². The van der Waals surface area contributed by atoms with Crippen LogP contribution in [0.5, 0.6) is 23.0 Å². The molecule has 200 valence electrons. The minimum atomic E-state index is -0.854. The Labute approximate surface area is 249 Å². The summed E-state index contributed by atoms with van der Waals surface area (Å²) in [6, 6.07) is 50.2. The van der Waals surface area contributed by atoms with E-state index in [9.17, 15) is 0 Å². The van der Waals surface area contributed by atoms with Gasteiger partial charge >= 0.3 is 0 Å². The molecule has 0 N–H and O–H groups in total. The number of ether oxygens (including phenoxy) is 2. The average molecular weight is 567 g/mol. The molecule has 0 amide bonds. The van der Waals surface area contributed by atoms with Crippen LogP contribution in [0, 0.1) is 0 Å². The first-order valence-electron chi connectivity index (χ1n) is 14.6. The summed E-state index contributed by atoms with van der Waals surface area (Å²) in [4.78, 5) is 0. The highest BCUT2D eigenvalue weighted by atomic mass is 31.1. The molecule has 3 heteroatoms. The molecule has 0 bridgehead atoms. The third-order valence-electron chi connectivity index (χ3n) is 8.97. The molecule has 2 heterocycles. The molecule has 2 nitrogen and oxygen atoms in total. The molecule has 1 unspecified atom stereocenters. The fourth-order valence-electron chi connectivity index (χ4n) is 7.08. The van der Waals surface area contributed by atoms with Crippen LogP contribution in [0.25, 0.3) is 54.2 Å². The smallest absolute Gasteiger partial charge is 0.140 e. The van der Waals surface area contributed by atoms with E-state index in [2.05, 4.69) is 140 Å². The number of benzene rings is 8. The van der Waals surface area contributed by atoms with Gasteiger partial charge in [-0.3, -0.25) is 0 Å². The molecule has 8 aromatic carbocycles. The Balaban J connectivity index is 1.23. The van der Waals surface area contributed by atoms with E-state index < -0.39 is 7.92 Å². The molecule has 0 radical (unpaired) electrons. The van der Waals surface area contributed by atoms with E-state index in [1.165, 1.54) is 59.0 Å². The van der Waals surface area contributed by atoms with Crippen molar-refractivity contribution in [1.82, 2.24) is 0 Å². The van der Waals surface area contributed by atoms with Gasteiger partial charge in [0.2, 0.25) is 0 Å². The first-order valence-corrected chi connectivity index (χ1v) is 15.9. The molecule has 0 saturated carbocycles. The molecule has 2 aliphatic heterocycles. The second-order valence-electron chi connectivity index (χ2n) is 11.3. The maximum absolute atomic E-state index is 6.76. The molecule has 0 aliphatic carbocycles. The van der Waals surface area contributed by atoms with E-state index in [1.807, 2.05) is 0 Å². The van der Waals surface area contributed by atoms with Crippen LogP contribution in [0.2, 0.25) is 0 Å². The van der Waals surface area contributed by atoms with Gasteiger partial charge in [-0.15, -0.1) is 0 Å². The third-order valence-corrected chi connectivity index (χ3v) is 11.6. The molecule has 8 aromatic rings. The Hall–Kier alpha value is -5.17. The summed E-state index contributed by atoms with van der Waals surface area (Å²) in [5.74, 6) is 3.65. The third kappa shape index (κ3) is 3.27. The number of rotatable bonds is 1. The standard InChI is InChI=1S/C40H23O2P/c1-2-10-27-24(9-1)18-20-35-39(27)43-38-16-8-7-15-34(38)41-36-22-26(23-37(42-35)40(36)43)25-17-19-32-30-13-4-3-11-28(30)29-12-5-6-14-31(29)33(32)21-25/h1-23H. The minimum Gasteiger partial charge on any atom is -0.456 e.